The third-order valence-electron chi connectivity index (χ3n) is 2.62. The van der Waals surface area contributed by atoms with Gasteiger partial charge in [0.25, 0.3) is 16.1 Å². The lowest BCUT2D eigenvalue weighted by Gasteiger charge is -2.32. The molecular weight excluding hydrogens is 262 g/mol. The third-order valence-corrected chi connectivity index (χ3v) is 4.56. The number of nitrogens with two attached hydrogens (primary N) is 1. The molecule has 0 bridgehead atoms. The van der Waals surface area contributed by atoms with Crippen molar-refractivity contribution in [3.8, 4) is 0 Å². The molecule has 1 fully saturated rings. The summed E-state index contributed by atoms with van der Waals surface area (Å²) in [6.45, 7) is 1.28. The minimum absolute atomic E-state index is 0.0472. The van der Waals surface area contributed by atoms with Gasteiger partial charge in [-0.05, 0) is 11.4 Å². The third kappa shape index (κ3) is 2.83. The molecule has 17 heavy (non-hydrogen) atoms. The highest BCUT2D eigenvalue weighted by molar-refractivity contribution is 7.86. The molecule has 8 heteroatoms. The molecule has 0 aromatic carbocycles. The van der Waals surface area contributed by atoms with Crippen molar-refractivity contribution < 1.29 is 13.2 Å². The highest BCUT2D eigenvalue weighted by atomic mass is 32.2. The van der Waals surface area contributed by atoms with E-state index in [0.29, 0.717) is 18.0 Å². The predicted octanol–water partition coefficient (Wildman–Crippen LogP) is -0.291. The molecule has 2 rings (SSSR count). The average molecular weight is 275 g/mol. The van der Waals surface area contributed by atoms with Gasteiger partial charge in [0, 0.05) is 26.2 Å². The largest absolute Gasteiger partial charge is 0.335 e. The number of rotatable bonds is 2. The van der Waals surface area contributed by atoms with Crippen LogP contribution in [0.4, 0.5) is 0 Å². The number of carbonyl (C=O) groups excluding carboxylic acids is 1. The van der Waals surface area contributed by atoms with Gasteiger partial charge in [0.15, 0.2) is 0 Å². The van der Waals surface area contributed by atoms with Gasteiger partial charge in [0.2, 0.25) is 0 Å². The fraction of sp³-hybridized carbons (Fsp3) is 0.444. The van der Waals surface area contributed by atoms with Crippen LogP contribution < -0.4 is 5.14 Å². The van der Waals surface area contributed by atoms with E-state index in [0.717, 1.165) is 0 Å². The second-order valence-corrected chi connectivity index (χ2v) is 6.21. The van der Waals surface area contributed by atoms with E-state index < -0.39 is 10.2 Å². The number of amides is 1. The summed E-state index contributed by atoms with van der Waals surface area (Å²) < 4.78 is 23.4. The molecule has 6 nitrogen and oxygen atoms in total. The molecule has 0 radical (unpaired) electrons. The van der Waals surface area contributed by atoms with Gasteiger partial charge in [-0.15, -0.1) is 11.3 Å². The van der Waals surface area contributed by atoms with Crippen molar-refractivity contribution >= 4 is 27.5 Å². The predicted molar refractivity (Wildman–Crippen MR) is 64.9 cm³/mol. The maximum Gasteiger partial charge on any atom is 0.277 e. The number of piperazine rings is 1. The quantitative estimate of drug-likeness (QED) is 0.805. The Morgan fingerprint density at radius 1 is 1.29 bits per heavy atom. The Kier molecular flexibility index (Phi) is 3.48. The van der Waals surface area contributed by atoms with Crippen molar-refractivity contribution in [1.82, 2.24) is 9.21 Å². The highest BCUT2D eigenvalue weighted by Crippen LogP contribution is 2.14. The van der Waals surface area contributed by atoms with Gasteiger partial charge >= 0.3 is 0 Å². The van der Waals surface area contributed by atoms with Crippen LogP contribution in [0.3, 0.4) is 0 Å². The second-order valence-electron chi connectivity index (χ2n) is 3.71. The van der Waals surface area contributed by atoms with Crippen LogP contribution in [0.2, 0.25) is 0 Å². The summed E-state index contributed by atoms with van der Waals surface area (Å²) in [5, 5.41) is 6.86. The smallest absolute Gasteiger partial charge is 0.277 e. The number of hydrogen-bond acceptors (Lipinski definition) is 4. The molecule has 1 aromatic rings. The molecule has 0 spiro atoms. The SMILES string of the molecule is NS(=O)(=O)N1CCN(C(=O)c2cccs2)CC1. The Morgan fingerprint density at radius 2 is 1.94 bits per heavy atom. The second kappa shape index (κ2) is 4.73. The first-order valence-electron chi connectivity index (χ1n) is 5.09. The van der Waals surface area contributed by atoms with Crippen molar-refractivity contribution in [2.75, 3.05) is 26.2 Å². The molecule has 1 aliphatic rings. The van der Waals surface area contributed by atoms with E-state index in [2.05, 4.69) is 0 Å². The van der Waals surface area contributed by atoms with Crippen molar-refractivity contribution in [3.63, 3.8) is 0 Å². The van der Waals surface area contributed by atoms with E-state index in [1.165, 1.54) is 15.6 Å². The van der Waals surface area contributed by atoms with E-state index in [4.69, 9.17) is 5.14 Å². The zero-order chi connectivity index (χ0) is 12.5. The van der Waals surface area contributed by atoms with Crippen LogP contribution in [0.5, 0.6) is 0 Å². The Morgan fingerprint density at radius 3 is 2.41 bits per heavy atom. The molecule has 0 saturated carbocycles. The molecule has 1 aliphatic heterocycles. The first-order valence-corrected chi connectivity index (χ1v) is 7.47. The maximum absolute atomic E-state index is 12.0. The van der Waals surface area contributed by atoms with Gasteiger partial charge < -0.3 is 4.90 Å². The Labute approximate surface area is 104 Å². The van der Waals surface area contributed by atoms with E-state index in [1.54, 1.807) is 11.0 Å². The Bertz CT molecular complexity index is 490. The van der Waals surface area contributed by atoms with Crippen molar-refractivity contribution in [2.24, 2.45) is 5.14 Å². The summed E-state index contributed by atoms with van der Waals surface area (Å²) in [4.78, 5) is 14.3. The Hall–Kier alpha value is -0.960. The highest BCUT2D eigenvalue weighted by Gasteiger charge is 2.27. The summed E-state index contributed by atoms with van der Waals surface area (Å²) in [6.07, 6.45) is 0. The molecule has 0 aliphatic carbocycles. The fourth-order valence-electron chi connectivity index (χ4n) is 1.70. The lowest BCUT2D eigenvalue weighted by molar-refractivity contribution is 0.0703. The van der Waals surface area contributed by atoms with Gasteiger partial charge in [0.1, 0.15) is 0 Å². The minimum Gasteiger partial charge on any atom is -0.335 e. The molecule has 94 valence electrons. The summed E-state index contributed by atoms with van der Waals surface area (Å²) in [6, 6.07) is 3.58. The lowest BCUT2D eigenvalue weighted by Crippen LogP contribution is -2.52. The fourth-order valence-corrected chi connectivity index (χ4v) is 3.06. The Balaban J connectivity index is 1.98. The molecule has 0 atom stereocenters. The van der Waals surface area contributed by atoms with Crippen molar-refractivity contribution in [2.45, 2.75) is 0 Å². The summed E-state index contributed by atoms with van der Waals surface area (Å²) in [5.74, 6) is -0.0472. The first-order chi connectivity index (χ1) is 7.98. The first kappa shape index (κ1) is 12.5. The lowest BCUT2D eigenvalue weighted by atomic mass is 10.3. The minimum atomic E-state index is -3.63. The summed E-state index contributed by atoms with van der Waals surface area (Å²) in [5.41, 5.74) is 0. The van der Waals surface area contributed by atoms with Crippen LogP contribution in [0, 0.1) is 0 Å². The average Bonchev–Trinajstić information content (AvgIpc) is 2.80. The molecule has 1 saturated heterocycles. The summed E-state index contributed by atoms with van der Waals surface area (Å²) in [7, 11) is -3.63. The zero-order valence-corrected chi connectivity index (χ0v) is 10.7. The van der Waals surface area contributed by atoms with E-state index in [-0.39, 0.29) is 19.0 Å². The van der Waals surface area contributed by atoms with Crippen molar-refractivity contribution in [3.05, 3.63) is 22.4 Å². The van der Waals surface area contributed by atoms with E-state index >= 15 is 0 Å². The van der Waals surface area contributed by atoms with Crippen LogP contribution in [0.15, 0.2) is 17.5 Å². The zero-order valence-electron chi connectivity index (χ0n) is 9.07. The van der Waals surface area contributed by atoms with E-state index in [9.17, 15) is 13.2 Å². The number of nitrogens with zero attached hydrogens (tertiary/aromatic N) is 2. The molecule has 1 amide bonds. The number of hydrogen-bond donors (Lipinski definition) is 1. The van der Waals surface area contributed by atoms with Gasteiger partial charge in [-0.3, -0.25) is 4.79 Å². The van der Waals surface area contributed by atoms with Crippen LogP contribution >= 0.6 is 11.3 Å². The molecule has 2 heterocycles. The van der Waals surface area contributed by atoms with Crippen LogP contribution in [0.1, 0.15) is 9.67 Å². The number of thiophene rings is 1. The summed E-state index contributed by atoms with van der Waals surface area (Å²) >= 11 is 1.38. The van der Waals surface area contributed by atoms with E-state index in [1.807, 2.05) is 11.4 Å². The van der Waals surface area contributed by atoms with Crippen LogP contribution in [0.25, 0.3) is 0 Å². The number of carbonyl (C=O) groups is 1. The molecule has 0 unspecified atom stereocenters. The van der Waals surface area contributed by atoms with Gasteiger partial charge in [-0.1, -0.05) is 6.07 Å². The van der Waals surface area contributed by atoms with Crippen LogP contribution in [-0.2, 0) is 10.2 Å². The normalized spacial score (nSPS) is 18.3. The van der Waals surface area contributed by atoms with Crippen LogP contribution in [-0.4, -0.2) is 49.7 Å². The molecule has 1 aromatic heterocycles. The standard InChI is InChI=1S/C9H13N3O3S2/c10-17(14,15)12-5-3-11(4-6-12)9(13)8-2-1-7-16-8/h1-2,7H,3-6H2,(H2,10,14,15). The molecular formula is C9H13N3O3S2. The molecule has 2 N–H and O–H groups in total. The van der Waals surface area contributed by atoms with Crippen molar-refractivity contribution in [1.29, 1.82) is 0 Å². The van der Waals surface area contributed by atoms with Gasteiger partial charge in [0.05, 0.1) is 4.88 Å². The van der Waals surface area contributed by atoms with Gasteiger partial charge in [-0.25, -0.2) is 5.14 Å². The monoisotopic (exact) mass is 275 g/mol. The van der Waals surface area contributed by atoms with Gasteiger partial charge in [-0.2, -0.15) is 12.7 Å². The maximum atomic E-state index is 12.0. The topological polar surface area (TPSA) is 83.7 Å².